The topological polar surface area (TPSA) is 72.8 Å². The zero-order chi connectivity index (χ0) is 18.6. The molecule has 1 aromatic heterocycles. The number of methoxy groups -OCH3 is 1. The van der Waals surface area contributed by atoms with Gasteiger partial charge in [-0.15, -0.1) is 0 Å². The maximum atomic E-state index is 11.9. The van der Waals surface area contributed by atoms with Crippen molar-refractivity contribution in [3.8, 4) is 11.5 Å². The summed E-state index contributed by atoms with van der Waals surface area (Å²) in [5.41, 5.74) is 3.72. The number of carbonyl (C=O) groups excluding carboxylic acids is 1. The van der Waals surface area contributed by atoms with Gasteiger partial charge in [-0.25, -0.2) is 5.43 Å². The van der Waals surface area contributed by atoms with Crippen molar-refractivity contribution >= 4 is 12.1 Å². The van der Waals surface area contributed by atoms with E-state index in [1.807, 2.05) is 18.2 Å². The summed E-state index contributed by atoms with van der Waals surface area (Å²) in [5, 5.41) is 3.97. The van der Waals surface area contributed by atoms with E-state index in [2.05, 4.69) is 22.4 Å². The Morgan fingerprint density at radius 1 is 1.23 bits per heavy atom. The van der Waals surface area contributed by atoms with Crippen LogP contribution < -0.4 is 14.9 Å². The Morgan fingerprint density at radius 2 is 2.12 bits per heavy atom. The van der Waals surface area contributed by atoms with E-state index in [4.69, 9.17) is 9.47 Å². The van der Waals surface area contributed by atoms with E-state index in [0.717, 1.165) is 12.0 Å². The van der Waals surface area contributed by atoms with Crippen LogP contribution in [0.3, 0.4) is 0 Å². The summed E-state index contributed by atoms with van der Waals surface area (Å²) in [5.74, 6) is 1.04. The Morgan fingerprint density at radius 3 is 2.85 bits per heavy atom. The smallest absolute Gasteiger partial charge is 0.272 e. The molecule has 6 nitrogen and oxygen atoms in total. The molecule has 2 rings (SSSR count). The van der Waals surface area contributed by atoms with E-state index < -0.39 is 0 Å². The molecule has 0 saturated heterocycles. The molecule has 0 bridgehead atoms. The zero-order valence-corrected chi connectivity index (χ0v) is 15.3. The number of carbonyl (C=O) groups is 1. The summed E-state index contributed by atoms with van der Waals surface area (Å²) in [4.78, 5) is 15.8. The molecule has 0 radical (unpaired) electrons. The zero-order valence-electron chi connectivity index (χ0n) is 15.3. The maximum absolute atomic E-state index is 11.9. The van der Waals surface area contributed by atoms with Gasteiger partial charge in [-0.05, 0) is 42.3 Å². The third-order valence-electron chi connectivity index (χ3n) is 3.75. The third-order valence-corrected chi connectivity index (χ3v) is 3.75. The predicted octanol–water partition coefficient (Wildman–Crippen LogP) is 3.81. The Kier molecular flexibility index (Phi) is 8.12. The van der Waals surface area contributed by atoms with Crippen molar-refractivity contribution in [3.63, 3.8) is 0 Å². The lowest BCUT2D eigenvalue weighted by Crippen LogP contribution is -2.17. The normalized spacial score (nSPS) is 10.7. The van der Waals surface area contributed by atoms with E-state index in [0.29, 0.717) is 23.7 Å². The Labute approximate surface area is 154 Å². The molecule has 6 heteroatoms. The second kappa shape index (κ2) is 10.9. The van der Waals surface area contributed by atoms with Crippen LogP contribution >= 0.6 is 0 Å². The molecule has 1 heterocycles. The number of unbranched alkanes of at least 4 members (excludes halogenated alkanes) is 3. The number of rotatable bonds is 10. The number of amides is 1. The lowest BCUT2D eigenvalue weighted by Gasteiger charge is -2.11. The quantitative estimate of drug-likeness (QED) is 0.399. The monoisotopic (exact) mass is 355 g/mol. The van der Waals surface area contributed by atoms with Crippen LogP contribution in [0.25, 0.3) is 0 Å². The Balaban J connectivity index is 1.90. The standard InChI is InChI=1S/C20H25N3O3/c1-3-4-5-6-12-26-18-10-9-16(13-19(18)25-2)14-22-23-20(24)17-8-7-11-21-15-17/h7-11,13-15H,3-6,12H2,1-2H3,(H,23,24)/b22-14+. The number of aromatic nitrogens is 1. The molecule has 0 spiro atoms. The summed E-state index contributed by atoms with van der Waals surface area (Å²) in [7, 11) is 1.60. The van der Waals surface area contributed by atoms with Crippen LogP contribution in [-0.4, -0.2) is 30.8 Å². The van der Waals surface area contributed by atoms with Gasteiger partial charge >= 0.3 is 0 Å². The molecular formula is C20H25N3O3. The minimum Gasteiger partial charge on any atom is -0.493 e. The number of hydrogen-bond donors (Lipinski definition) is 1. The summed E-state index contributed by atoms with van der Waals surface area (Å²) in [6, 6.07) is 8.91. The van der Waals surface area contributed by atoms with Crippen molar-refractivity contribution < 1.29 is 14.3 Å². The lowest BCUT2D eigenvalue weighted by atomic mass is 10.2. The van der Waals surface area contributed by atoms with E-state index in [1.165, 1.54) is 25.5 Å². The number of benzene rings is 1. The fourth-order valence-electron chi connectivity index (χ4n) is 2.32. The van der Waals surface area contributed by atoms with Crippen LogP contribution in [0.1, 0.15) is 48.5 Å². The van der Waals surface area contributed by atoms with Gasteiger partial charge in [0.15, 0.2) is 11.5 Å². The molecule has 1 N–H and O–H groups in total. The number of ether oxygens (including phenoxy) is 2. The van der Waals surface area contributed by atoms with E-state index >= 15 is 0 Å². The Bertz CT molecular complexity index is 717. The van der Waals surface area contributed by atoms with E-state index in [1.54, 1.807) is 31.7 Å². The van der Waals surface area contributed by atoms with Crippen molar-refractivity contribution in [2.75, 3.05) is 13.7 Å². The predicted molar refractivity (Wildman–Crippen MR) is 102 cm³/mol. The molecule has 0 aliphatic carbocycles. The van der Waals surface area contributed by atoms with E-state index in [-0.39, 0.29) is 5.91 Å². The molecular weight excluding hydrogens is 330 g/mol. The fourth-order valence-corrected chi connectivity index (χ4v) is 2.32. The molecule has 1 amide bonds. The van der Waals surface area contributed by atoms with Crippen LogP contribution in [0, 0.1) is 0 Å². The SMILES string of the molecule is CCCCCCOc1ccc(/C=N/NC(=O)c2cccnc2)cc1OC. The minimum absolute atomic E-state index is 0.312. The fraction of sp³-hybridized carbons (Fsp3) is 0.350. The summed E-state index contributed by atoms with van der Waals surface area (Å²) in [6.45, 7) is 2.86. The number of nitrogens with zero attached hydrogens (tertiary/aromatic N) is 2. The van der Waals surface area contributed by atoms with Gasteiger partial charge < -0.3 is 9.47 Å². The first-order valence-corrected chi connectivity index (χ1v) is 8.79. The Hall–Kier alpha value is -2.89. The first kappa shape index (κ1) is 19.4. The van der Waals surface area contributed by atoms with Crippen molar-refractivity contribution in [3.05, 3.63) is 53.9 Å². The largest absolute Gasteiger partial charge is 0.493 e. The van der Waals surface area contributed by atoms with Crippen molar-refractivity contribution in [1.82, 2.24) is 10.4 Å². The highest BCUT2D eigenvalue weighted by Gasteiger charge is 2.06. The molecule has 26 heavy (non-hydrogen) atoms. The number of hydrazone groups is 1. The second-order valence-electron chi connectivity index (χ2n) is 5.76. The van der Waals surface area contributed by atoms with Crippen LogP contribution in [0.4, 0.5) is 0 Å². The van der Waals surface area contributed by atoms with Crippen molar-refractivity contribution in [2.24, 2.45) is 5.10 Å². The average molecular weight is 355 g/mol. The van der Waals surface area contributed by atoms with Gasteiger partial charge in [-0.2, -0.15) is 5.10 Å². The molecule has 0 fully saturated rings. The van der Waals surface area contributed by atoms with E-state index in [9.17, 15) is 4.79 Å². The van der Waals surface area contributed by atoms with Crippen molar-refractivity contribution in [2.45, 2.75) is 32.6 Å². The molecule has 1 aromatic carbocycles. The highest BCUT2D eigenvalue weighted by Crippen LogP contribution is 2.27. The highest BCUT2D eigenvalue weighted by atomic mass is 16.5. The first-order chi connectivity index (χ1) is 12.7. The number of hydrogen-bond acceptors (Lipinski definition) is 5. The number of nitrogens with one attached hydrogen (secondary N) is 1. The summed E-state index contributed by atoms with van der Waals surface area (Å²) in [6.07, 6.45) is 9.28. The molecule has 0 unspecified atom stereocenters. The third kappa shape index (κ3) is 6.20. The second-order valence-corrected chi connectivity index (χ2v) is 5.76. The van der Waals surface area contributed by atoms with Gasteiger partial charge in [0.25, 0.3) is 5.91 Å². The molecule has 0 saturated carbocycles. The molecule has 0 aliphatic heterocycles. The van der Waals surface area contributed by atoms with Gasteiger partial charge in [0.1, 0.15) is 0 Å². The lowest BCUT2D eigenvalue weighted by molar-refractivity contribution is 0.0955. The minimum atomic E-state index is -0.312. The van der Waals surface area contributed by atoms with Gasteiger partial charge in [0, 0.05) is 12.4 Å². The summed E-state index contributed by atoms with van der Waals surface area (Å²) < 4.78 is 11.2. The molecule has 0 aliphatic rings. The molecule has 2 aromatic rings. The molecule has 138 valence electrons. The van der Waals surface area contributed by atoms with Crippen LogP contribution in [-0.2, 0) is 0 Å². The summed E-state index contributed by atoms with van der Waals surface area (Å²) >= 11 is 0. The highest BCUT2D eigenvalue weighted by molar-refractivity contribution is 5.94. The van der Waals surface area contributed by atoms with Crippen LogP contribution in [0.5, 0.6) is 11.5 Å². The average Bonchev–Trinajstić information content (AvgIpc) is 2.69. The van der Waals surface area contributed by atoms with Gasteiger partial charge in [-0.3, -0.25) is 9.78 Å². The van der Waals surface area contributed by atoms with Crippen LogP contribution in [0.15, 0.2) is 47.8 Å². The van der Waals surface area contributed by atoms with Crippen molar-refractivity contribution in [1.29, 1.82) is 0 Å². The first-order valence-electron chi connectivity index (χ1n) is 8.79. The van der Waals surface area contributed by atoms with Gasteiger partial charge in [-0.1, -0.05) is 26.2 Å². The van der Waals surface area contributed by atoms with Crippen LogP contribution in [0.2, 0.25) is 0 Å². The molecule has 0 atom stereocenters. The van der Waals surface area contributed by atoms with Gasteiger partial charge in [0.05, 0.1) is 25.5 Å². The maximum Gasteiger partial charge on any atom is 0.272 e. The van der Waals surface area contributed by atoms with Gasteiger partial charge in [0.2, 0.25) is 0 Å². The number of pyridine rings is 1.